The van der Waals surface area contributed by atoms with Crippen molar-refractivity contribution < 1.29 is 23.9 Å². The maximum Gasteiger partial charge on any atom is 0.261 e. The predicted octanol–water partition coefficient (Wildman–Crippen LogP) is 4.04. The quantitative estimate of drug-likeness (QED) is 0.364. The number of nitrogens with one attached hydrogen (secondary N) is 2. The van der Waals surface area contributed by atoms with Crippen LogP contribution in [-0.2, 0) is 15.3 Å². The molecule has 0 radical (unpaired) electrons. The third kappa shape index (κ3) is 6.29. The highest BCUT2D eigenvalue weighted by molar-refractivity contribution is 7.99. The van der Waals surface area contributed by atoms with Crippen molar-refractivity contribution >= 4 is 57.5 Å². The molecule has 4 amide bonds. The Labute approximate surface area is 216 Å². The lowest BCUT2D eigenvalue weighted by atomic mass is 10.1. The summed E-state index contributed by atoms with van der Waals surface area (Å²) in [5.41, 5.74) is 2.27. The number of thioether (sulfide) groups is 1. The zero-order valence-corrected chi connectivity index (χ0v) is 21.1. The molecule has 0 saturated carbocycles. The first-order valence-corrected chi connectivity index (χ1v) is 13.2. The molecular weight excluding hydrogens is 500 g/mol. The van der Waals surface area contributed by atoms with Crippen LogP contribution in [0.25, 0.3) is 0 Å². The Hall–Kier alpha value is -3.70. The summed E-state index contributed by atoms with van der Waals surface area (Å²) in [7, 11) is 1.58. The van der Waals surface area contributed by atoms with Gasteiger partial charge in [0.15, 0.2) is 5.13 Å². The summed E-state index contributed by atoms with van der Waals surface area (Å²) in [5.74, 6) is 0.514. The third-order valence-corrected chi connectivity index (χ3v) is 7.09. The summed E-state index contributed by atoms with van der Waals surface area (Å²) >= 11 is 2.73. The van der Waals surface area contributed by atoms with E-state index in [-0.39, 0.29) is 42.3 Å². The van der Waals surface area contributed by atoms with E-state index < -0.39 is 0 Å². The number of thiazole rings is 1. The highest BCUT2D eigenvalue weighted by Gasteiger charge is 2.34. The van der Waals surface area contributed by atoms with Crippen molar-refractivity contribution in [2.75, 3.05) is 30.0 Å². The Morgan fingerprint density at radius 3 is 2.36 bits per heavy atom. The van der Waals surface area contributed by atoms with Crippen molar-refractivity contribution in [2.24, 2.45) is 0 Å². The van der Waals surface area contributed by atoms with Gasteiger partial charge in [0.1, 0.15) is 5.75 Å². The lowest BCUT2D eigenvalue weighted by Gasteiger charge is -2.13. The summed E-state index contributed by atoms with van der Waals surface area (Å²) < 4.78 is 5.10. The maximum absolute atomic E-state index is 12.4. The van der Waals surface area contributed by atoms with Gasteiger partial charge < -0.3 is 15.4 Å². The van der Waals surface area contributed by atoms with Gasteiger partial charge >= 0.3 is 0 Å². The first kappa shape index (κ1) is 25.4. The molecule has 2 N–H and O–H groups in total. The molecule has 0 unspecified atom stereocenters. The second-order valence-electron chi connectivity index (χ2n) is 7.87. The zero-order chi connectivity index (χ0) is 25.5. The van der Waals surface area contributed by atoms with Gasteiger partial charge in [0.05, 0.1) is 29.7 Å². The standard InChI is InChI=1S/C25H24N4O5S2/c1-34-18-10-8-16(9-11-18)26-22(31)15-35-13-17-14-36-25(27-17)28-21(30)7-4-12-29-23(32)19-5-2-3-6-20(19)24(29)33/h2-3,5-6,8-11,14H,4,7,12-13,15H2,1H3,(H,26,31)(H,27,28,30). The Bertz CT molecular complexity index is 1240. The number of nitrogens with zero attached hydrogens (tertiary/aromatic N) is 2. The highest BCUT2D eigenvalue weighted by atomic mass is 32.2. The van der Waals surface area contributed by atoms with Crippen molar-refractivity contribution in [3.8, 4) is 5.75 Å². The van der Waals surface area contributed by atoms with E-state index in [9.17, 15) is 19.2 Å². The van der Waals surface area contributed by atoms with Crippen molar-refractivity contribution in [1.29, 1.82) is 0 Å². The monoisotopic (exact) mass is 524 g/mol. The molecule has 0 fully saturated rings. The average Bonchev–Trinajstić information content (AvgIpc) is 3.42. The van der Waals surface area contributed by atoms with Crippen LogP contribution in [-0.4, -0.2) is 52.9 Å². The molecule has 4 rings (SSSR count). The Balaban J connectivity index is 1.15. The fraction of sp³-hybridized carbons (Fsp3) is 0.240. The Morgan fingerprint density at radius 1 is 1.00 bits per heavy atom. The van der Waals surface area contributed by atoms with Crippen LogP contribution in [0.15, 0.2) is 53.9 Å². The summed E-state index contributed by atoms with van der Waals surface area (Å²) in [6.45, 7) is 0.179. The Morgan fingerprint density at radius 2 is 1.69 bits per heavy atom. The van der Waals surface area contributed by atoms with Gasteiger partial charge in [-0.25, -0.2) is 4.98 Å². The number of fused-ring (bicyclic) bond motifs is 1. The topological polar surface area (TPSA) is 118 Å². The van der Waals surface area contributed by atoms with Crippen LogP contribution in [0.3, 0.4) is 0 Å². The molecule has 9 nitrogen and oxygen atoms in total. The minimum atomic E-state index is -0.323. The van der Waals surface area contributed by atoms with Crippen LogP contribution in [0.4, 0.5) is 10.8 Å². The molecule has 1 aromatic heterocycles. The molecule has 1 aliphatic heterocycles. The summed E-state index contributed by atoms with van der Waals surface area (Å²) in [4.78, 5) is 54.8. The number of hydrogen-bond donors (Lipinski definition) is 2. The number of amides is 4. The van der Waals surface area contributed by atoms with Crippen molar-refractivity contribution in [2.45, 2.75) is 18.6 Å². The van der Waals surface area contributed by atoms with Gasteiger partial charge in [-0.2, -0.15) is 0 Å². The number of carbonyl (C=O) groups is 4. The van der Waals surface area contributed by atoms with E-state index >= 15 is 0 Å². The molecule has 0 aliphatic carbocycles. The van der Waals surface area contributed by atoms with E-state index in [2.05, 4.69) is 15.6 Å². The molecule has 0 spiro atoms. The van der Waals surface area contributed by atoms with E-state index in [0.29, 0.717) is 34.1 Å². The smallest absolute Gasteiger partial charge is 0.261 e. The molecule has 1 aliphatic rings. The summed E-state index contributed by atoms with van der Waals surface area (Å²) in [5, 5.41) is 7.88. The number of methoxy groups -OCH3 is 1. The van der Waals surface area contributed by atoms with E-state index in [1.165, 1.54) is 28.0 Å². The van der Waals surface area contributed by atoms with Crippen LogP contribution in [0.5, 0.6) is 5.75 Å². The van der Waals surface area contributed by atoms with Crippen molar-refractivity contribution in [3.63, 3.8) is 0 Å². The number of imide groups is 1. The van der Waals surface area contributed by atoms with E-state index in [4.69, 9.17) is 4.74 Å². The summed E-state index contributed by atoms with van der Waals surface area (Å²) in [6, 6.07) is 13.8. The number of hydrogen-bond acceptors (Lipinski definition) is 8. The molecule has 2 aromatic carbocycles. The van der Waals surface area contributed by atoms with Gasteiger partial charge in [0, 0.05) is 29.8 Å². The minimum Gasteiger partial charge on any atom is -0.497 e. The average molecular weight is 525 g/mol. The lowest BCUT2D eigenvalue weighted by molar-refractivity contribution is -0.116. The second kappa shape index (κ2) is 11.8. The number of benzene rings is 2. The highest BCUT2D eigenvalue weighted by Crippen LogP contribution is 2.23. The predicted molar refractivity (Wildman–Crippen MR) is 140 cm³/mol. The number of ether oxygens (including phenoxy) is 1. The van der Waals surface area contributed by atoms with Gasteiger partial charge in [0.2, 0.25) is 11.8 Å². The van der Waals surface area contributed by atoms with E-state index in [1.807, 2.05) is 5.38 Å². The summed E-state index contributed by atoms with van der Waals surface area (Å²) in [6.07, 6.45) is 0.511. The molecule has 11 heteroatoms. The van der Waals surface area contributed by atoms with Crippen LogP contribution >= 0.6 is 23.1 Å². The van der Waals surface area contributed by atoms with Gasteiger partial charge in [-0.15, -0.1) is 23.1 Å². The molecular formula is C25H24N4O5S2. The fourth-order valence-corrected chi connectivity index (χ4v) is 5.12. The van der Waals surface area contributed by atoms with E-state index in [0.717, 1.165) is 11.4 Å². The van der Waals surface area contributed by atoms with E-state index in [1.54, 1.807) is 55.6 Å². The Kier molecular flexibility index (Phi) is 8.34. The normalized spacial score (nSPS) is 12.4. The fourth-order valence-electron chi connectivity index (χ4n) is 3.57. The van der Waals surface area contributed by atoms with Crippen LogP contribution in [0, 0.1) is 0 Å². The van der Waals surface area contributed by atoms with Gasteiger partial charge in [-0.1, -0.05) is 12.1 Å². The van der Waals surface area contributed by atoms with Crippen LogP contribution in [0.1, 0.15) is 39.3 Å². The van der Waals surface area contributed by atoms with Crippen molar-refractivity contribution in [1.82, 2.24) is 9.88 Å². The SMILES string of the molecule is COc1ccc(NC(=O)CSCc2csc(NC(=O)CCCN3C(=O)c4ccccc4C3=O)n2)cc1. The van der Waals surface area contributed by atoms with Gasteiger partial charge in [-0.3, -0.25) is 24.1 Å². The first-order valence-electron chi connectivity index (χ1n) is 11.2. The molecule has 0 atom stereocenters. The number of anilines is 2. The first-order chi connectivity index (χ1) is 17.4. The zero-order valence-electron chi connectivity index (χ0n) is 19.5. The second-order valence-corrected chi connectivity index (χ2v) is 9.72. The van der Waals surface area contributed by atoms with Gasteiger partial charge in [0.25, 0.3) is 11.8 Å². The molecule has 186 valence electrons. The number of carbonyl (C=O) groups excluding carboxylic acids is 4. The van der Waals surface area contributed by atoms with Crippen molar-refractivity contribution in [3.05, 3.63) is 70.7 Å². The third-order valence-electron chi connectivity index (χ3n) is 5.32. The molecule has 0 bridgehead atoms. The minimum absolute atomic E-state index is 0.119. The largest absolute Gasteiger partial charge is 0.497 e. The maximum atomic E-state index is 12.4. The molecule has 0 saturated heterocycles. The van der Waals surface area contributed by atoms with Crippen LogP contribution in [0.2, 0.25) is 0 Å². The lowest BCUT2D eigenvalue weighted by Crippen LogP contribution is -2.31. The molecule has 36 heavy (non-hydrogen) atoms. The molecule has 2 heterocycles. The molecule has 3 aromatic rings. The number of aromatic nitrogens is 1. The number of rotatable bonds is 11. The van der Waals surface area contributed by atoms with Crippen LogP contribution < -0.4 is 15.4 Å². The van der Waals surface area contributed by atoms with Gasteiger partial charge in [-0.05, 0) is 42.8 Å².